The van der Waals surface area contributed by atoms with Gasteiger partial charge in [-0.1, -0.05) is 6.07 Å². The number of aromatic nitrogens is 4. The molecule has 3 heterocycles. The van der Waals surface area contributed by atoms with Crippen LogP contribution in [0.4, 0.5) is 0 Å². The van der Waals surface area contributed by atoms with Crippen LogP contribution in [0.2, 0.25) is 0 Å². The van der Waals surface area contributed by atoms with Gasteiger partial charge in [-0.25, -0.2) is 9.61 Å². The minimum Gasteiger partial charge on any atom is -0.348 e. The van der Waals surface area contributed by atoms with Crippen molar-refractivity contribution >= 4 is 22.6 Å². The van der Waals surface area contributed by atoms with Crippen LogP contribution in [-0.2, 0) is 6.54 Å². The van der Waals surface area contributed by atoms with Gasteiger partial charge in [0.25, 0.3) is 5.91 Å². The second kappa shape index (κ2) is 5.20. The fraction of sp³-hybridized carbons (Fsp3) is 0.125. The van der Waals surface area contributed by atoms with Crippen LogP contribution in [-0.4, -0.2) is 25.6 Å². The molecule has 4 rings (SSSR count). The zero-order valence-corrected chi connectivity index (χ0v) is 12.4. The van der Waals surface area contributed by atoms with Gasteiger partial charge in [0, 0.05) is 18.9 Å². The summed E-state index contributed by atoms with van der Waals surface area (Å²) in [6.07, 6.45) is 3.66. The van der Waals surface area contributed by atoms with Gasteiger partial charge in [0.2, 0.25) is 0 Å². The van der Waals surface area contributed by atoms with Crippen molar-refractivity contribution in [2.45, 2.75) is 13.5 Å². The van der Waals surface area contributed by atoms with E-state index in [2.05, 4.69) is 25.2 Å². The zero-order chi connectivity index (χ0) is 15.8. The van der Waals surface area contributed by atoms with Gasteiger partial charge < -0.3 is 9.72 Å². The van der Waals surface area contributed by atoms with Crippen molar-refractivity contribution in [2.75, 3.05) is 0 Å². The van der Waals surface area contributed by atoms with Crippen LogP contribution in [0.15, 0.2) is 47.4 Å². The highest BCUT2D eigenvalue weighted by Crippen LogP contribution is 2.12. The molecule has 0 saturated heterocycles. The molecule has 4 aromatic rings. The van der Waals surface area contributed by atoms with Crippen molar-refractivity contribution in [1.82, 2.24) is 25.0 Å². The van der Waals surface area contributed by atoms with Crippen LogP contribution in [0.25, 0.3) is 16.7 Å². The maximum atomic E-state index is 12.3. The van der Waals surface area contributed by atoms with E-state index in [1.54, 1.807) is 12.3 Å². The highest BCUT2D eigenvalue weighted by molar-refractivity contribution is 5.94. The van der Waals surface area contributed by atoms with E-state index in [0.29, 0.717) is 23.1 Å². The Balaban J connectivity index is 1.51. The monoisotopic (exact) mass is 307 g/mol. The molecule has 0 fully saturated rings. The average Bonchev–Trinajstić information content (AvgIpc) is 3.16. The molecule has 23 heavy (non-hydrogen) atoms. The summed E-state index contributed by atoms with van der Waals surface area (Å²) < 4.78 is 6.51. The lowest BCUT2D eigenvalue weighted by atomic mass is 10.2. The fourth-order valence-corrected chi connectivity index (χ4v) is 2.48. The Kier molecular flexibility index (Phi) is 3.04. The lowest BCUT2D eigenvalue weighted by Gasteiger charge is -2.06. The second-order valence-corrected chi connectivity index (χ2v) is 5.34. The fourth-order valence-electron chi connectivity index (χ4n) is 2.48. The zero-order valence-electron chi connectivity index (χ0n) is 12.4. The van der Waals surface area contributed by atoms with Gasteiger partial charge in [0.1, 0.15) is 16.7 Å². The summed E-state index contributed by atoms with van der Waals surface area (Å²) in [6.45, 7) is 2.32. The molecule has 0 radical (unpaired) electrons. The van der Waals surface area contributed by atoms with Crippen LogP contribution in [0.3, 0.4) is 0 Å². The summed E-state index contributed by atoms with van der Waals surface area (Å²) in [7, 11) is 0. The predicted molar refractivity (Wildman–Crippen MR) is 82.9 cm³/mol. The Labute approximate surface area is 130 Å². The smallest absolute Gasteiger partial charge is 0.253 e. The molecule has 0 aliphatic heterocycles. The molecular weight excluding hydrogens is 294 g/mol. The van der Waals surface area contributed by atoms with Crippen molar-refractivity contribution in [3.8, 4) is 0 Å². The van der Waals surface area contributed by atoms with E-state index < -0.39 is 0 Å². The Morgan fingerprint density at radius 1 is 1.17 bits per heavy atom. The van der Waals surface area contributed by atoms with Gasteiger partial charge >= 0.3 is 0 Å². The van der Waals surface area contributed by atoms with Gasteiger partial charge in [-0.3, -0.25) is 4.79 Å². The molecular formula is C16H13N5O2. The molecule has 114 valence electrons. The minimum atomic E-state index is -0.142. The molecule has 1 aromatic carbocycles. The minimum absolute atomic E-state index is 0.142. The van der Waals surface area contributed by atoms with Crippen molar-refractivity contribution in [3.63, 3.8) is 0 Å². The van der Waals surface area contributed by atoms with E-state index in [-0.39, 0.29) is 5.91 Å². The summed E-state index contributed by atoms with van der Waals surface area (Å²) in [5.41, 5.74) is 4.62. The number of carbonyl (C=O) groups is 1. The molecule has 7 heteroatoms. The average molecular weight is 307 g/mol. The summed E-state index contributed by atoms with van der Waals surface area (Å²) in [5, 5.41) is 10.4. The molecule has 3 aromatic heterocycles. The first-order valence-electron chi connectivity index (χ1n) is 7.14. The van der Waals surface area contributed by atoms with Gasteiger partial charge in [0.05, 0.1) is 11.3 Å². The predicted octanol–water partition coefficient (Wildman–Crippen LogP) is 2.11. The number of rotatable bonds is 3. The molecule has 0 atom stereocenters. The molecule has 1 amide bonds. The lowest BCUT2D eigenvalue weighted by molar-refractivity contribution is 0.0950. The maximum Gasteiger partial charge on any atom is 0.253 e. The number of hydrogen-bond donors (Lipinski definition) is 1. The third-order valence-electron chi connectivity index (χ3n) is 3.60. The second-order valence-electron chi connectivity index (χ2n) is 5.34. The van der Waals surface area contributed by atoms with Crippen LogP contribution in [0.1, 0.15) is 21.6 Å². The van der Waals surface area contributed by atoms with Gasteiger partial charge in [-0.2, -0.15) is 0 Å². The number of aryl methyl sites for hydroxylation is 1. The highest BCUT2D eigenvalue weighted by Gasteiger charge is 2.08. The number of amides is 1. The topological polar surface area (TPSA) is 85.3 Å². The van der Waals surface area contributed by atoms with Gasteiger partial charge in [-0.05, 0) is 47.1 Å². The van der Waals surface area contributed by atoms with E-state index in [1.165, 1.54) is 0 Å². The Bertz CT molecular complexity index is 1020. The number of nitrogens with one attached hydrogen (secondary N) is 1. The quantitative estimate of drug-likeness (QED) is 0.626. The molecule has 0 bridgehead atoms. The SMILES string of the molecule is Cc1cn2cc(C(=O)NCc3ccc4nonc4c3)ccc2n1. The first kappa shape index (κ1) is 13.4. The van der Waals surface area contributed by atoms with E-state index in [9.17, 15) is 4.79 Å². The van der Waals surface area contributed by atoms with E-state index >= 15 is 0 Å². The normalized spacial score (nSPS) is 11.2. The van der Waals surface area contributed by atoms with E-state index in [0.717, 1.165) is 16.9 Å². The standard InChI is InChI=1S/C16H13N5O2/c1-10-8-21-9-12(3-5-15(21)18-10)16(22)17-7-11-2-4-13-14(6-11)20-23-19-13/h2-6,8-9H,7H2,1H3,(H,17,22). The molecule has 0 aliphatic carbocycles. The van der Waals surface area contributed by atoms with E-state index in [1.807, 2.05) is 41.8 Å². The van der Waals surface area contributed by atoms with Crippen molar-refractivity contribution in [3.05, 3.63) is 59.5 Å². The summed E-state index contributed by atoms with van der Waals surface area (Å²) in [5.74, 6) is -0.142. The van der Waals surface area contributed by atoms with Crippen LogP contribution < -0.4 is 5.32 Å². The molecule has 0 spiro atoms. The number of pyridine rings is 1. The number of hydrogen-bond acceptors (Lipinski definition) is 5. The van der Waals surface area contributed by atoms with Crippen molar-refractivity contribution < 1.29 is 9.42 Å². The number of fused-ring (bicyclic) bond motifs is 2. The molecule has 1 N–H and O–H groups in total. The van der Waals surface area contributed by atoms with Gasteiger partial charge in [0.15, 0.2) is 0 Å². The van der Waals surface area contributed by atoms with Crippen LogP contribution >= 0.6 is 0 Å². The summed E-state index contributed by atoms with van der Waals surface area (Å²) in [4.78, 5) is 16.6. The van der Waals surface area contributed by atoms with Crippen molar-refractivity contribution in [1.29, 1.82) is 0 Å². The first-order valence-corrected chi connectivity index (χ1v) is 7.14. The number of nitrogens with zero attached hydrogens (tertiary/aromatic N) is 4. The number of benzene rings is 1. The van der Waals surface area contributed by atoms with Gasteiger partial charge in [-0.15, -0.1) is 0 Å². The highest BCUT2D eigenvalue weighted by atomic mass is 16.6. The van der Waals surface area contributed by atoms with E-state index in [4.69, 9.17) is 0 Å². The largest absolute Gasteiger partial charge is 0.348 e. The molecule has 0 aliphatic rings. The van der Waals surface area contributed by atoms with Crippen molar-refractivity contribution in [2.24, 2.45) is 0 Å². The third-order valence-corrected chi connectivity index (χ3v) is 3.60. The molecule has 0 saturated carbocycles. The summed E-state index contributed by atoms with van der Waals surface area (Å²) >= 11 is 0. The molecule has 7 nitrogen and oxygen atoms in total. The maximum absolute atomic E-state index is 12.3. The third kappa shape index (κ3) is 2.52. The number of imidazole rings is 1. The van der Waals surface area contributed by atoms with Crippen LogP contribution in [0, 0.1) is 6.92 Å². The first-order chi connectivity index (χ1) is 11.2. The molecule has 0 unspecified atom stereocenters. The van der Waals surface area contributed by atoms with Crippen LogP contribution in [0.5, 0.6) is 0 Å². The Hall–Kier alpha value is -3.22. The Morgan fingerprint density at radius 3 is 2.96 bits per heavy atom. The summed E-state index contributed by atoms with van der Waals surface area (Å²) in [6, 6.07) is 9.13. The Morgan fingerprint density at radius 2 is 2.04 bits per heavy atom. The number of carbonyl (C=O) groups excluding carboxylic acids is 1. The lowest BCUT2D eigenvalue weighted by Crippen LogP contribution is -2.23.